The van der Waals surface area contributed by atoms with Gasteiger partial charge in [-0.25, -0.2) is 9.67 Å². The first-order valence-corrected chi connectivity index (χ1v) is 6.35. The zero-order valence-corrected chi connectivity index (χ0v) is 12.0. The molecule has 0 saturated heterocycles. The van der Waals surface area contributed by atoms with E-state index in [2.05, 4.69) is 15.4 Å². The van der Waals surface area contributed by atoms with Crippen LogP contribution in [0.5, 0.6) is 0 Å². The van der Waals surface area contributed by atoms with Crippen molar-refractivity contribution < 1.29 is 4.79 Å². The first kappa shape index (κ1) is 13.8. The van der Waals surface area contributed by atoms with E-state index in [-0.39, 0.29) is 5.91 Å². The number of nitrogens with one attached hydrogen (secondary N) is 1. The number of halogens is 2. The summed E-state index contributed by atoms with van der Waals surface area (Å²) in [5, 5.41) is 7.89. The second-order valence-electron chi connectivity index (χ2n) is 4.00. The van der Waals surface area contributed by atoms with E-state index in [9.17, 15) is 4.79 Å². The van der Waals surface area contributed by atoms with Crippen molar-refractivity contribution in [3.05, 3.63) is 39.9 Å². The summed E-state index contributed by atoms with van der Waals surface area (Å²) in [4.78, 5) is 15.2. The van der Waals surface area contributed by atoms with E-state index in [0.717, 1.165) is 5.69 Å². The van der Waals surface area contributed by atoms with Crippen LogP contribution in [0.2, 0.25) is 10.0 Å². The van der Waals surface area contributed by atoms with E-state index in [1.54, 1.807) is 29.8 Å². The lowest BCUT2D eigenvalue weighted by Gasteiger charge is -2.07. The first-order valence-electron chi connectivity index (χ1n) is 5.60. The van der Waals surface area contributed by atoms with Gasteiger partial charge in [0.15, 0.2) is 5.82 Å². The van der Waals surface area contributed by atoms with E-state index in [1.165, 1.54) is 6.92 Å². The van der Waals surface area contributed by atoms with Crippen LogP contribution >= 0.6 is 23.2 Å². The van der Waals surface area contributed by atoms with Gasteiger partial charge in [0, 0.05) is 6.92 Å². The zero-order chi connectivity index (χ0) is 14.0. The molecule has 0 bridgehead atoms. The predicted octanol–water partition coefficient (Wildman–Crippen LogP) is 2.52. The summed E-state index contributed by atoms with van der Waals surface area (Å²) in [5.74, 6) is 1.12. The molecule has 1 aromatic heterocycles. The maximum Gasteiger partial charge on any atom is 0.217 e. The molecule has 1 amide bonds. The lowest BCUT2D eigenvalue weighted by atomic mass is 10.3. The van der Waals surface area contributed by atoms with Crippen LogP contribution in [0, 0.1) is 6.92 Å². The molecule has 0 radical (unpaired) electrons. The van der Waals surface area contributed by atoms with Crippen molar-refractivity contribution in [1.29, 1.82) is 0 Å². The number of nitrogens with zero attached hydrogens (tertiary/aromatic N) is 3. The Balaban J connectivity index is 2.37. The molecule has 7 heteroatoms. The van der Waals surface area contributed by atoms with Crippen molar-refractivity contribution in [2.45, 2.75) is 20.4 Å². The smallest absolute Gasteiger partial charge is 0.217 e. The van der Waals surface area contributed by atoms with Gasteiger partial charge >= 0.3 is 0 Å². The highest BCUT2D eigenvalue weighted by atomic mass is 35.5. The molecule has 1 heterocycles. The summed E-state index contributed by atoms with van der Waals surface area (Å²) in [6.07, 6.45) is 0. The Labute approximate surface area is 120 Å². The molecule has 0 aliphatic rings. The minimum atomic E-state index is -0.124. The topological polar surface area (TPSA) is 59.8 Å². The summed E-state index contributed by atoms with van der Waals surface area (Å²) in [5.41, 5.74) is 0.746. The highest BCUT2D eigenvalue weighted by molar-refractivity contribution is 6.42. The van der Waals surface area contributed by atoms with Crippen molar-refractivity contribution >= 4 is 29.1 Å². The van der Waals surface area contributed by atoms with Gasteiger partial charge in [0.2, 0.25) is 5.91 Å². The van der Waals surface area contributed by atoms with E-state index in [0.29, 0.717) is 28.2 Å². The Morgan fingerprint density at radius 2 is 2.11 bits per heavy atom. The molecule has 1 N–H and O–H groups in total. The monoisotopic (exact) mass is 298 g/mol. The maximum absolute atomic E-state index is 11.0. The molecule has 100 valence electrons. The molecule has 1 aromatic carbocycles. The number of hydrogen-bond acceptors (Lipinski definition) is 3. The molecule has 2 rings (SSSR count). The number of hydrogen-bond donors (Lipinski definition) is 1. The van der Waals surface area contributed by atoms with E-state index < -0.39 is 0 Å². The van der Waals surface area contributed by atoms with E-state index >= 15 is 0 Å². The summed E-state index contributed by atoms with van der Waals surface area (Å²) in [6, 6.07) is 5.19. The minimum absolute atomic E-state index is 0.124. The fraction of sp³-hybridized carbons (Fsp3) is 0.250. The molecule has 0 spiro atoms. The van der Waals surface area contributed by atoms with Crippen LogP contribution in [-0.2, 0) is 11.3 Å². The minimum Gasteiger partial charge on any atom is -0.349 e. The Morgan fingerprint density at radius 1 is 1.37 bits per heavy atom. The van der Waals surface area contributed by atoms with Gasteiger partial charge in [-0.2, -0.15) is 5.10 Å². The summed E-state index contributed by atoms with van der Waals surface area (Å²) >= 11 is 11.9. The average Bonchev–Trinajstić information content (AvgIpc) is 2.71. The number of carbonyl (C=O) groups is 1. The summed E-state index contributed by atoms with van der Waals surface area (Å²) < 4.78 is 1.63. The maximum atomic E-state index is 11.0. The molecule has 19 heavy (non-hydrogen) atoms. The molecule has 0 saturated carbocycles. The lowest BCUT2D eigenvalue weighted by Crippen LogP contribution is -2.21. The van der Waals surface area contributed by atoms with Gasteiger partial charge in [0.25, 0.3) is 0 Å². The van der Waals surface area contributed by atoms with Crippen molar-refractivity contribution in [1.82, 2.24) is 20.1 Å². The van der Waals surface area contributed by atoms with Crippen LogP contribution in [0.3, 0.4) is 0 Å². The Morgan fingerprint density at radius 3 is 2.74 bits per heavy atom. The number of amides is 1. The average molecular weight is 299 g/mol. The number of rotatable bonds is 3. The van der Waals surface area contributed by atoms with Crippen molar-refractivity contribution in [3.8, 4) is 5.69 Å². The summed E-state index contributed by atoms with van der Waals surface area (Å²) in [6.45, 7) is 3.54. The fourth-order valence-electron chi connectivity index (χ4n) is 1.60. The quantitative estimate of drug-likeness (QED) is 0.947. The first-order chi connectivity index (χ1) is 8.97. The van der Waals surface area contributed by atoms with Crippen LogP contribution in [0.15, 0.2) is 18.2 Å². The second kappa shape index (κ2) is 5.59. The third-order valence-electron chi connectivity index (χ3n) is 2.42. The molecule has 0 fully saturated rings. The zero-order valence-electron chi connectivity index (χ0n) is 10.4. The van der Waals surface area contributed by atoms with Gasteiger partial charge in [-0.05, 0) is 25.1 Å². The van der Waals surface area contributed by atoms with Gasteiger partial charge in [-0.15, -0.1) is 0 Å². The van der Waals surface area contributed by atoms with Gasteiger partial charge in [0.05, 0.1) is 22.3 Å². The molecule has 0 aliphatic heterocycles. The number of carbonyl (C=O) groups excluding carboxylic acids is 1. The van der Waals surface area contributed by atoms with Gasteiger partial charge in [-0.3, -0.25) is 4.79 Å². The van der Waals surface area contributed by atoms with Crippen molar-refractivity contribution in [2.24, 2.45) is 0 Å². The van der Waals surface area contributed by atoms with Crippen LogP contribution in [0.4, 0.5) is 0 Å². The normalized spacial score (nSPS) is 10.5. The van der Waals surface area contributed by atoms with E-state index in [1.807, 2.05) is 0 Å². The number of aryl methyl sites for hydroxylation is 1. The highest BCUT2D eigenvalue weighted by Gasteiger charge is 2.11. The third kappa shape index (κ3) is 3.24. The summed E-state index contributed by atoms with van der Waals surface area (Å²) in [7, 11) is 0. The fourth-order valence-corrected chi connectivity index (χ4v) is 1.89. The van der Waals surface area contributed by atoms with Crippen LogP contribution < -0.4 is 5.32 Å². The lowest BCUT2D eigenvalue weighted by molar-refractivity contribution is -0.119. The van der Waals surface area contributed by atoms with Crippen LogP contribution in [-0.4, -0.2) is 20.7 Å². The van der Waals surface area contributed by atoms with Crippen LogP contribution in [0.1, 0.15) is 18.6 Å². The van der Waals surface area contributed by atoms with Gasteiger partial charge in [0.1, 0.15) is 5.82 Å². The Hall–Kier alpha value is -1.59. The molecule has 0 unspecified atom stereocenters. The predicted molar refractivity (Wildman–Crippen MR) is 73.6 cm³/mol. The van der Waals surface area contributed by atoms with Crippen molar-refractivity contribution in [3.63, 3.8) is 0 Å². The Bertz CT molecular complexity index is 624. The molecule has 0 atom stereocenters. The molecule has 2 aromatic rings. The van der Waals surface area contributed by atoms with Gasteiger partial charge < -0.3 is 5.32 Å². The number of benzene rings is 1. The van der Waals surface area contributed by atoms with E-state index in [4.69, 9.17) is 23.2 Å². The third-order valence-corrected chi connectivity index (χ3v) is 3.16. The molecular weight excluding hydrogens is 287 g/mol. The standard InChI is InChI=1S/C12H12Cl2N4O/c1-7-16-12(6-15-8(2)19)18(17-7)9-3-4-10(13)11(14)5-9/h3-5H,6H2,1-2H3,(H,15,19). The van der Waals surface area contributed by atoms with Gasteiger partial charge in [-0.1, -0.05) is 23.2 Å². The number of aromatic nitrogens is 3. The highest BCUT2D eigenvalue weighted by Crippen LogP contribution is 2.24. The molecule has 5 nitrogen and oxygen atoms in total. The Kier molecular flexibility index (Phi) is 4.07. The molecular formula is C12H12Cl2N4O. The largest absolute Gasteiger partial charge is 0.349 e. The van der Waals surface area contributed by atoms with Crippen molar-refractivity contribution in [2.75, 3.05) is 0 Å². The molecule has 0 aliphatic carbocycles. The SMILES string of the molecule is CC(=O)NCc1nc(C)nn1-c1ccc(Cl)c(Cl)c1. The second-order valence-corrected chi connectivity index (χ2v) is 4.81. The van der Waals surface area contributed by atoms with Crippen LogP contribution in [0.25, 0.3) is 5.69 Å².